The first kappa shape index (κ1) is 18.7. The summed E-state index contributed by atoms with van der Waals surface area (Å²) in [6, 6.07) is 5.20. The van der Waals surface area contributed by atoms with Gasteiger partial charge in [0.1, 0.15) is 6.23 Å². The normalized spacial score (nSPS) is 40.6. The lowest BCUT2D eigenvalue weighted by Gasteiger charge is -2.45. The van der Waals surface area contributed by atoms with Crippen molar-refractivity contribution < 1.29 is 23.8 Å². The highest BCUT2D eigenvalue weighted by Gasteiger charge is 2.78. The van der Waals surface area contributed by atoms with Crippen LogP contribution in [0.3, 0.4) is 0 Å². The highest BCUT2D eigenvalue weighted by molar-refractivity contribution is 9.10. The van der Waals surface area contributed by atoms with Crippen molar-refractivity contribution in [3.63, 3.8) is 0 Å². The average Bonchev–Trinajstić information content (AvgIpc) is 3.21. The third-order valence-electron chi connectivity index (χ3n) is 6.71. The van der Waals surface area contributed by atoms with Crippen LogP contribution in [0.1, 0.15) is 19.8 Å². The summed E-state index contributed by atoms with van der Waals surface area (Å²) < 4.78 is 18.1. The summed E-state index contributed by atoms with van der Waals surface area (Å²) in [7, 11) is 1.34. The number of benzene rings is 1. The molecule has 1 spiro atoms. The van der Waals surface area contributed by atoms with Crippen molar-refractivity contribution in [1.82, 2.24) is 5.32 Å². The Morgan fingerprint density at radius 1 is 1.46 bits per heavy atom. The fraction of sp³-hybridized carbons (Fsp3) is 0.579. The number of ether oxygens (including phenoxy) is 3. The van der Waals surface area contributed by atoms with Crippen LogP contribution in [0.5, 0.6) is 0 Å². The summed E-state index contributed by atoms with van der Waals surface area (Å²) in [5, 5.41) is 3.51. The largest absolute Gasteiger partial charge is 0.453 e. The van der Waals surface area contributed by atoms with Crippen LogP contribution in [0, 0.1) is 11.8 Å². The molecule has 4 aliphatic rings. The first-order chi connectivity index (χ1) is 13.3. The molecular weight excluding hydrogens is 452 g/mol. The van der Waals surface area contributed by atoms with E-state index in [0.717, 1.165) is 10.2 Å². The molecule has 7 nitrogen and oxygen atoms in total. The number of hydrogen-bond acceptors (Lipinski definition) is 5. The van der Waals surface area contributed by atoms with Crippen LogP contribution in [0.4, 0.5) is 10.5 Å². The molecule has 0 aromatic heterocycles. The summed E-state index contributed by atoms with van der Waals surface area (Å²) in [5.74, 6) is -0.487. The van der Waals surface area contributed by atoms with Gasteiger partial charge in [-0.05, 0) is 41.1 Å². The van der Waals surface area contributed by atoms with Crippen molar-refractivity contribution in [2.75, 3.05) is 18.6 Å². The maximum atomic E-state index is 13.5. The van der Waals surface area contributed by atoms with Gasteiger partial charge in [0.25, 0.3) is 0 Å². The lowest BCUT2D eigenvalue weighted by atomic mass is 9.64. The number of fused-ring (bicyclic) bond motifs is 2. The Morgan fingerprint density at radius 3 is 2.96 bits per heavy atom. The Balaban J connectivity index is 1.56. The van der Waals surface area contributed by atoms with Crippen LogP contribution in [0.2, 0.25) is 5.02 Å². The molecule has 6 atom stereocenters. The van der Waals surface area contributed by atoms with Gasteiger partial charge in [0, 0.05) is 23.0 Å². The predicted octanol–water partition coefficient (Wildman–Crippen LogP) is 3.08. The van der Waals surface area contributed by atoms with E-state index in [2.05, 4.69) is 21.2 Å². The number of carbonyl (C=O) groups is 2. The van der Waals surface area contributed by atoms with Crippen LogP contribution in [0.15, 0.2) is 22.7 Å². The third kappa shape index (κ3) is 2.29. The maximum Gasteiger partial charge on any atom is 0.407 e. The van der Waals surface area contributed by atoms with Crippen molar-refractivity contribution in [2.45, 2.75) is 43.2 Å². The minimum absolute atomic E-state index is 0.00739. The molecule has 1 aromatic rings. The molecule has 4 heterocycles. The molecule has 150 valence electrons. The molecule has 1 aromatic carbocycles. The lowest BCUT2D eigenvalue weighted by Crippen LogP contribution is -2.61. The molecular formula is C19H20BrClN2O5. The highest BCUT2D eigenvalue weighted by Crippen LogP contribution is 2.65. The molecule has 1 N–H and O–H groups in total. The molecule has 9 heteroatoms. The molecule has 0 radical (unpaired) electrons. The molecule has 0 saturated carbocycles. The van der Waals surface area contributed by atoms with Crippen LogP contribution in [-0.4, -0.2) is 49.2 Å². The Morgan fingerprint density at radius 2 is 2.25 bits per heavy atom. The molecule has 5 rings (SSSR count). The maximum absolute atomic E-state index is 13.5. The second-order valence-electron chi connectivity index (χ2n) is 8.08. The van der Waals surface area contributed by atoms with Gasteiger partial charge in [-0.3, -0.25) is 9.69 Å². The van der Waals surface area contributed by atoms with Crippen molar-refractivity contribution in [3.8, 4) is 0 Å². The van der Waals surface area contributed by atoms with Crippen molar-refractivity contribution in [1.29, 1.82) is 0 Å². The van der Waals surface area contributed by atoms with Crippen LogP contribution in [0.25, 0.3) is 0 Å². The number of amides is 2. The van der Waals surface area contributed by atoms with Gasteiger partial charge in [-0.15, -0.1) is 0 Å². The number of methoxy groups -OCH3 is 1. The van der Waals surface area contributed by atoms with Gasteiger partial charge in [-0.1, -0.05) is 11.6 Å². The zero-order chi connectivity index (χ0) is 19.8. The van der Waals surface area contributed by atoms with E-state index in [-0.39, 0.29) is 23.8 Å². The number of hydrogen-bond donors (Lipinski definition) is 1. The molecule has 2 bridgehead atoms. The van der Waals surface area contributed by atoms with Gasteiger partial charge in [0.15, 0.2) is 0 Å². The summed E-state index contributed by atoms with van der Waals surface area (Å²) in [6.45, 7) is 2.41. The molecule has 4 fully saturated rings. The van der Waals surface area contributed by atoms with E-state index < -0.39 is 23.5 Å². The Bertz CT molecular complexity index is 884. The van der Waals surface area contributed by atoms with Gasteiger partial charge in [-0.25, -0.2) is 4.79 Å². The predicted molar refractivity (Wildman–Crippen MR) is 104 cm³/mol. The number of rotatable bonds is 2. The highest BCUT2D eigenvalue weighted by atomic mass is 79.9. The standard InChI is InChI=1S/C19H20BrClN2O5/c1-18-8-12(22-17(25)26-2)19(28-18)5-6-27-16-14(19)13(18)15(24)23(16)9-3-4-11(21)10(20)7-9/h3-4,7,12-14,16H,5-6,8H2,1-2H3,(H,22,25)/t12-,13+,14-,16-,18+,19-/m0/s1. The summed E-state index contributed by atoms with van der Waals surface area (Å²) in [4.78, 5) is 27.1. The fourth-order valence-electron chi connectivity index (χ4n) is 5.73. The molecule has 4 saturated heterocycles. The van der Waals surface area contributed by atoms with E-state index in [4.69, 9.17) is 25.8 Å². The number of anilines is 1. The Kier molecular flexibility index (Phi) is 4.05. The van der Waals surface area contributed by atoms with E-state index in [9.17, 15) is 9.59 Å². The minimum atomic E-state index is -0.655. The summed E-state index contributed by atoms with van der Waals surface area (Å²) in [6.07, 6.45) is 0.269. The Labute approximate surface area is 175 Å². The van der Waals surface area contributed by atoms with E-state index in [1.165, 1.54) is 7.11 Å². The van der Waals surface area contributed by atoms with Crippen molar-refractivity contribution in [3.05, 3.63) is 27.7 Å². The van der Waals surface area contributed by atoms with Gasteiger partial charge in [-0.2, -0.15) is 0 Å². The Hall–Kier alpha value is -1.35. The molecule has 0 aliphatic carbocycles. The molecule has 28 heavy (non-hydrogen) atoms. The van der Waals surface area contributed by atoms with E-state index >= 15 is 0 Å². The van der Waals surface area contributed by atoms with Gasteiger partial charge in [0.05, 0.1) is 47.8 Å². The molecule has 4 aliphatic heterocycles. The number of nitrogens with one attached hydrogen (secondary N) is 1. The van der Waals surface area contributed by atoms with Gasteiger partial charge in [0.2, 0.25) is 5.91 Å². The smallest absolute Gasteiger partial charge is 0.407 e. The first-order valence-electron chi connectivity index (χ1n) is 9.25. The monoisotopic (exact) mass is 470 g/mol. The van der Waals surface area contributed by atoms with E-state index in [1.54, 1.807) is 11.0 Å². The zero-order valence-electron chi connectivity index (χ0n) is 15.4. The van der Waals surface area contributed by atoms with Gasteiger partial charge >= 0.3 is 6.09 Å². The molecule has 2 amide bonds. The minimum Gasteiger partial charge on any atom is -0.453 e. The average molecular weight is 472 g/mol. The second-order valence-corrected chi connectivity index (χ2v) is 9.35. The van der Waals surface area contributed by atoms with Crippen LogP contribution >= 0.6 is 27.5 Å². The number of alkyl carbamates (subject to hydrolysis) is 1. The zero-order valence-corrected chi connectivity index (χ0v) is 17.7. The first-order valence-corrected chi connectivity index (χ1v) is 10.4. The number of nitrogens with zero attached hydrogens (tertiary/aromatic N) is 1. The number of halogens is 2. The summed E-state index contributed by atoms with van der Waals surface area (Å²) in [5.41, 5.74) is -0.555. The second kappa shape index (κ2) is 6.08. The van der Waals surface area contributed by atoms with Crippen LogP contribution < -0.4 is 10.2 Å². The van der Waals surface area contributed by atoms with E-state index in [1.807, 2.05) is 19.1 Å². The van der Waals surface area contributed by atoms with Crippen molar-refractivity contribution >= 4 is 45.2 Å². The lowest BCUT2D eigenvalue weighted by molar-refractivity contribution is -0.143. The van der Waals surface area contributed by atoms with Gasteiger partial charge < -0.3 is 19.5 Å². The molecule has 0 unspecified atom stereocenters. The SMILES string of the molecule is COC(=O)N[C@H]1C[C@@]2(C)O[C@@]13CCO[C@H]1[C@@H]3[C@@H]2C(=O)N1c1ccc(Cl)c(Br)c1. The quantitative estimate of drug-likeness (QED) is 0.717. The summed E-state index contributed by atoms with van der Waals surface area (Å²) >= 11 is 9.56. The topological polar surface area (TPSA) is 77.1 Å². The third-order valence-corrected chi connectivity index (χ3v) is 7.92. The van der Waals surface area contributed by atoms with Crippen LogP contribution in [-0.2, 0) is 19.0 Å². The fourth-order valence-corrected chi connectivity index (χ4v) is 6.21. The van der Waals surface area contributed by atoms with Crippen molar-refractivity contribution in [2.24, 2.45) is 11.8 Å². The van der Waals surface area contributed by atoms with E-state index in [0.29, 0.717) is 24.5 Å². The number of carbonyl (C=O) groups excluding carboxylic acids is 2.